The third kappa shape index (κ3) is 8.29. The number of rotatable bonds is 13. The Morgan fingerprint density at radius 3 is 2.23 bits per heavy atom. The largest absolute Gasteiger partial charge is 0.508 e. The third-order valence-corrected chi connectivity index (χ3v) is 10.4. The van der Waals surface area contributed by atoms with Crippen molar-refractivity contribution < 1.29 is 29.0 Å². The number of nitrogens with one attached hydrogen (secondary N) is 1. The highest BCUT2D eigenvalue weighted by Gasteiger charge is 2.39. The van der Waals surface area contributed by atoms with E-state index in [0.717, 1.165) is 72.8 Å². The number of benzene rings is 4. The second kappa shape index (κ2) is 16.5. The lowest BCUT2D eigenvalue weighted by atomic mass is 9.88. The van der Waals surface area contributed by atoms with Crippen LogP contribution >= 0.6 is 0 Å². The van der Waals surface area contributed by atoms with Crippen LogP contribution < -0.4 is 15.0 Å². The summed E-state index contributed by atoms with van der Waals surface area (Å²) < 4.78 is 12.0. The van der Waals surface area contributed by atoms with Crippen LogP contribution in [0.1, 0.15) is 58.8 Å². The fourth-order valence-corrected chi connectivity index (χ4v) is 7.53. The molecule has 2 N–H and O–H groups in total. The number of amides is 3. The number of piperazine rings is 1. The zero-order valence-electron chi connectivity index (χ0n) is 30.1. The number of phenols is 1. The van der Waals surface area contributed by atoms with Crippen LogP contribution in [-0.2, 0) is 20.9 Å². The molecule has 3 aliphatic rings. The van der Waals surface area contributed by atoms with Crippen LogP contribution in [0.25, 0.3) is 11.1 Å². The molecule has 0 aliphatic carbocycles. The van der Waals surface area contributed by atoms with Crippen molar-refractivity contribution in [1.82, 2.24) is 15.1 Å². The monoisotopic (exact) mass is 714 g/mol. The van der Waals surface area contributed by atoms with Gasteiger partial charge in [0.2, 0.25) is 11.8 Å². The van der Waals surface area contributed by atoms with E-state index in [1.165, 1.54) is 11.1 Å². The topological polar surface area (TPSA) is 112 Å². The SMILES string of the molecule is CC/C(=C(\c1ccc(O)cc1)c1ccc(OCCOCCN2CCN(c3ccc4c(c3)CN(C3CCC(=O)NC3=O)C4=O)CC2)cc1)c1ccccc1. The maximum absolute atomic E-state index is 13.1. The normalized spacial score (nSPS) is 18.1. The highest BCUT2D eigenvalue weighted by molar-refractivity contribution is 6.05. The summed E-state index contributed by atoms with van der Waals surface area (Å²) >= 11 is 0. The van der Waals surface area contributed by atoms with Gasteiger partial charge in [-0.3, -0.25) is 24.6 Å². The number of aromatic hydroxyl groups is 1. The minimum Gasteiger partial charge on any atom is -0.508 e. The third-order valence-electron chi connectivity index (χ3n) is 10.4. The van der Waals surface area contributed by atoms with Crippen molar-refractivity contribution in [3.8, 4) is 11.5 Å². The minimum atomic E-state index is -0.603. The number of fused-ring (bicyclic) bond motifs is 1. The van der Waals surface area contributed by atoms with Gasteiger partial charge < -0.3 is 24.4 Å². The van der Waals surface area contributed by atoms with Crippen LogP contribution in [0.4, 0.5) is 5.69 Å². The van der Waals surface area contributed by atoms with Gasteiger partial charge in [0.15, 0.2) is 0 Å². The summed E-state index contributed by atoms with van der Waals surface area (Å²) in [4.78, 5) is 43.4. The van der Waals surface area contributed by atoms with Crippen LogP contribution in [0.15, 0.2) is 97.1 Å². The predicted molar refractivity (Wildman–Crippen MR) is 205 cm³/mol. The lowest BCUT2D eigenvalue weighted by Gasteiger charge is -2.36. The van der Waals surface area contributed by atoms with E-state index in [0.29, 0.717) is 38.3 Å². The van der Waals surface area contributed by atoms with Crippen LogP contribution in [0, 0.1) is 0 Å². The van der Waals surface area contributed by atoms with Crippen molar-refractivity contribution in [2.45, 2.75) is 38.8 Å². The highest BCUT2D eigenvalue weighted by atomic mass is 16.5. The van der Waals surface area contributed by atoms with Gasteiger partial charge >= 0.3 is 0 Å². The fourth-order valence-electron chi connectivity index (χ4n) is 7.53. The number of phenolic OH excluding ortho intramolecular Hbond substituents is 1. The molecule has 0 spiro atoms. The quantitative estimate of drug-likeness (QED) is 0.103. The first-order chi connectivity index (χ1) is 25.9. The second-order valence-corrected chi connectivity index (χ2v) is 13.7. The number of anilines is 1. The van der Waals surface area contributed by atoms with Crippen LogP contribution in [-0.4, -0.2) is 91.2 Å². The van der Waals surface area contributed by atoms with Gasteiger partial charge in [0.1, 0.15) is 24.1 Å². The Hall–Kier alpha value is -5.45. The molecule has 274 valence electrons. The molecule has 4 aromatic rings. The van der Waals surface area contributed by atoms with Gasteiger partial charge in [0.25, 0.3) is 5.91 Å². The first-order valence-electron chi connectivity index (χ1n) is 18.5. The van der Waals surface area contributed by atoms with E-state index < -0.39 is 6.04 Å². The van der Waals surface area contributed by atoms with Gasteiger partial charge in [-0.05, 0) is 88.7 Å². The molecular formula is C43H46N4O6. The molecule has 1 atom stereocenters. The molecule has 0 radical (unpaired) electrons. The smallest absolute Gasteiger partial charge is 0.255 e. The number of piperidine rings is 1. The number of ether oxygens (including phenoxy) is 2. The molecule has 2 fully saturated rings. The van der Waals surface area contributed by atoms with E-state index in [-0.39, 0.29) is 29.9 Å². The lowest BCUT2D eigenvalue weighted by Crippen LogP contribution is -2.52. The molecule has 3 amide bonds. The maximum Gasteiger partial charge on any atom is 0.255 e. The highest BCUT2D eigenvalue weighted by Crippen LogP contribution is 2.36. The molecule has 1 unspecified atom stereocenters. The zero-order valence-corrected chi connectivity index (χ0v) is 30.1. The molecule has 10 heteroatoms. The molecular weight excluding hydrogens is 668 g/mol. The zero-order chi connectivity index (χ0) is 36.7. The van der Waals surface area contributed by atoms with Crippen molar-refractivity contribution in [2.24, 2.45) is 0 Å². The number of carbonyl (C=O) groups is 3. The van der Waals surface area contributed by atoms with E-state index in [1.807, 2.05) is 42.5 Å². The van der Waals surface area contributed by atoms with Gasteiger partial charge in [0, 0.05) is 56.9 Å². The van der Waals surface area contributed by atoms with Gasteiger partial charge in [-0.25, -0.2) is 0 Å². The van der Waals surface area contributed by atoms with Gasteiger partial charge in [-0.1, -0.05) is 61.5 Å². The van der Waals surface area contributed by atoms with E-state index in [4.69, 9.17) is 9.47 Å². The number of allylic oxidation sites excluding steroid dienone is 1. The average molecular weight is 715 g/mol. The summed E-state index contributed by atoms with van der Waals surface area (Å²) in [6, 6.07) is 31.3. The number of hydrogen-bond donors (Lipinski definition) is 2. The summed E-state index contributed by atoms with van der Waals surface area (Å²) in [5.74, 6) is 0.217. The van der Waals surface area contributed by atoms with Crippen molar-refractivity contribution in [3.63, 3.8) is 0 Å². The Balaban J connectivity index is 0.852. The molecule has 7 rings (SSSR count). The Bertz CT molecular complexity index is 1950. The molecule has 3 aliphatic heterocycles. The molecule has 0 aromatic heterocycles. The van der Waals surface area contributed by atoms with Crippen LogP contribution in [0.5, 0.6) is 11.5 Å². The Kier molecular flexibility index (Phi) is 11.2. The summed E-state index contributed by atoms with van der Waals surface area (Å²) in [5.41, 5.74) is 8.33. The molecule has 0 saturated carbocycles. The minimum absolute atomic E-state index is 0.146. The Morgan fingerprint density at radius 1 is 0.811 bits per heavy atom. The van der Waals surface area contributed by atoms with Crippen molar-refractivity contribution in [1.29, 1.82) is 0 Å². The van der Waals surface area contributed by atoms with E-state index in [1.54, 1.807) is 17.0 Å². The fraction of sp³-hybridized carbons (Fsp3) is 0.326. The van der Waals surface area contributed by atoms with Crippen molar-refractivity contribution >= 4 is 34.6 Å². The van der Waals surface area contributed by atoms with E-state index in [9.17, 15) is 19.5 Å². The van der Waals surface area contributed by atoms with Crippen molar-refractivity contribution in [3.05, 3.63) is 125 Å². The summed E-state index contributed by atoms with van der Waals surface area (Å²) in [6.07, 6.45) is 1.47. The second-order valence-electron chi connectivity index (χ2n) is 13.7. The summed E-state index contributed by atoms with van der Waals surface area (Å²) in [5, 5.41) is 12.3. The number of nitrogens with zero attached hydrogens (tertiary/aromatic N) is 3. The van der Waals surface area contributed by atoms with Crippen molar-refractivity contribution in [2.75, 3.05) is 57.4 Å². The Morgan fingerprint density at radius 2 is 1.53 bits per heavy atom. The number of imide groups is 1. The first-order valence-corrected chi connectivity index (χ1v) is 18.5. The van der Waals surface area contributed by atoms with Gasteiger partial charge in [-0.15, -0.1) is 0 Å². The lowest BCUT2D eigenvalue weighted by molar-refractivity contribution is -0.136. The molecule has 0 bridgehead atoms. The molecule has 10 nitrogen and oxygen atoms in total. The molecule has 3 heterocycles. The molecule has 4 aromatic carbocycles. The van der Waals surface area contributed by atoms with Crippen LogP contribution in [0.3, 0.4) is 0 Å². The number of hydrogen-bond acceptors (Lipinski definition) is 8. The van der Waals surface area contributed by atoms with Gasteiger partial charge in [0.05, 0.1) is 13.2 Å². The summed E-state index contributed by atoms with van der Waals surface area (Å²) in [6.45, 7) is 8.54. The van der Waals surface area contributed by atoms with E-state index in [2.05, 4.69) is 64.5 Å². The Labute approximate surface area is 310 Å². The first kappa shape index (κ1) is 35.9. The van der Waals surface area contributed by atoms with Gasteiger partial charge in [-0.2, -0.15) is 0 Å². The maximum atomic E-state index is 13.1. The molecule has 2 saturated heterocycles. The average Bonchev–Trinajstić information content (AvgIpc) is 3.51. The standard InChI is InChI=1S/C43H46N4O6/c1-2-37(30-6-4-3-5-7-30)41(31-8-13-35(48)14-9-31)32-10-15-36(16-11-32)53-27-26-52-25-24-45-20-22-46(23-21-45)34-12-17-38-33(28-34)29-47(43(38)51)39-18-19-40(49)44-42(39)50/h3-17,28,39,48H,2,18-27,29H2,1H3,(H,44,49,50)/b41-37-. The van der Waals surface area contributed by atoms with Crippen LogP contribution in [0.2, 0.25) is 0 Å². The summed E-state index contributed by atoms with van der Waals surface area (Å²) in [7, 11) is 0. The molecule has 53 heavy (non-hydrogen) atoms. The van der Waals surface area contributed by atoms with E-state index >= 15 is 0 Å². The predicted octanol–water partition coefficient (Wildman–Crippen LogP) is 5.74. The number of carbonyl (C=O) groups excluding carboxylic acids is 3.